The van der Waals surface area contributed by atoms with Crippen molar-refractivity contribution in [3.8, 4) is 0 Å². The fourth-order valence-electron chi connectivity index (χ4n) is 2.99. The topological polar surface area (TPSA) is 69.7 Å². The molecule has 0 aromatic heterocycles. The summed E-state index contributed by atoms with van der Waals surface area (Å²) < 4.78 is 26.8. The molecular weight excluding hydrogens is 386 g/mol. The number of hydrogen-bond donors (Lipinski definition) is 1. The van der Waals surface area contributed by atoms with E-state index in [-0.39, 0.29) is 12.5 Å². The number of nitrogens with one attached hydrogen (secondary N) is 1. The first-order valence-corrected chi connectivity index (χ1v) is 10.5. The van der Waals surface area contributed by atoms with Crippen molar-refractivity contribution in [3.05, 3.63) is 59.1 Å². The zero-order valence-corrected chi connectivity index (χ0v) is 16.6. The average molecular weight is 408 g/mol. The zero-order valence-electron chi connectivity index (χ0n) is 15.1. The molecule has 3 rings (SSSR count). The first-order chi connectivity index (χ1) is 12.9. The second kappa shape index (κ2) is 8.39. The third kappa shape index (κ3) is 4.87. The van der Waals surface area contributed by atoms with Crippen molar-refractivity contribution < 1.29 is 13.2 Å². The Labute approximate surface area is 164 Å². The van der Waals surface area contributed by atoms with Gasteiger partial charge in [0.2, 0.25) is 15.9 Å². The van der Waals surface area contributed by atoms with Crippen LogP contribution in [0.15, 0.2) is 53.4 Å². The van der Waals surface area contributed by atoms with Gasteiger partial charge in [0, 0.05) is 36.9 Å². The van der Waals surface area contributed by atoms with Crippen LogP contribution in [0.2, 0.25) is 5.02 Å². The van der Waals surface area contributed by atoms with Crippen LogP contribution in [-0.4, -0.2) is 56.3 Å². The number of anilines is 1. The molecule has 0 atom stereocenters. The van der Waals surface area contributed by atoms with E-state index in [1.807, 2.05) is 17.9 Å². The predicted octanol–water partition coefficient (Wildman–Crippen LogP) is 2.59. The molecule has 1 saturated heterocycles. The Bertz CT molecular complexity index is 911. The van der Waals surface area contributed by atoms with Crippen LogP contribution in [0.25, 0.3) is 0 Å². The van der Waals surface area contributed by atoms with Gasteiger partial charge in [-0.05, 0) is 36.8 Å². The summed E-state index contributed by atoms with van der Waals surface area (Å²) in [4.78, 5) is 14.6. The van der Waals surface area contributed by atoms with Crippen molar-refractivity contribution in [1.29, 1.82) is 0 Å². The second-order valence-electron chi connectivity index (χ2n) is 6.50. The number of piperazine rings is 1. The molecule has 6 nitrogen and oxygen atoms in total. The van der Waals surface area contributed by atoms with Crippen LogP contribution >= 0.6 is 11.6 Å². The van der Waals surface area contributed by atoms with Gasteiger partial charge in [0.25, 0.3) is 0 Å². The van der Waals surface area contributed by atoms with Crippen molar-refractivity contribution in [1.82, 2.24) is 9.21 Å². The van der Waals surface area contributed by atoms with E-state index in [1.165, 1.54) is 4.31 Å². The second-order valence-corrected chi connectivity index (χ2v) is 8.88. The number of amides is 1. The highest BCUT2D eigenvalue weighted by atomic mass is 35.5. The van der Waals surface area contributed by atoms with Crippen LogP contribution in [0.5, 0.6) is 0 Å². The van der Waals surface area contributed by atoms with Crippen molar-refractivity contribution in [2.24, 2.45) is 0 Å². The van der Waals surface area contributed by atoms with Crippen molar-refractivity contribution in [2.75, 3.05) is 38.0 Å². The van der Waals surface area contributed by atoms with E-state index >= 15 is 0 Å². The molecule has 8 heteroatoms. The van der Waals surface area contributed by atoms with Gasteiger partial charge in [-0.1, -0.05) is 35.9 Å². The van der Waals surface area contributed by atoms with Gasteiger partial charge in [-0.15, -0.1) is 0 Å². The van der Waals surface area contributed by atoms with Gasteiger partial charge in [-0.2, -0.15) is 4.31 Å². The minimum absolute atomic E-state index is 0.139. The van der Waals surface area contributed by atoms with Crippen LogP contribution in [0.3, 0.4) is 0 Å². The number of aryl methyl sites for hydroxylation is 1. The monoisotopic (exact) mass is 407 g/mol. The van der Waals surface area contributed by atoms with Crippen molar-refractivity contribution in [2.45, 2.75) is 11.8 Å². The molecule has 0 saturated carbocycles. The van der Waals surface area contributed by atoms with Crippen LogP contribution in [-0.2, 0) is 14.8 Å². The van der Waals surface area contributed by atoms with Crippen LogP contribution in [0, 0.1) is 6.92 Å². The first kappa shape index (κ1) is 19.8. The van der Waals surface area contributed by atoms with Gasteiger partial charge in [0.1, 0.15) is 0 Å². The fourth-order valence-corrected chi connectivity index (χ4v) is 4.61. The lowest BCUT2D eigenvalue weighted by Crippen LogP contribution is -2.50. The summed E-state index contributed by atoms with van der Waals surface area (Å²) in [6, 6.07) is 13.8. The van der Waals surface area contributed by atoms with Gasteiger partial charge in [-0.25, -0.2) is 8.42 Å². The van der Waals surface area contributed by atoms with E-state index < -0.39 is 10.0 Å². The lowest BCUT2D eigenvalue weighted by Gasteiger charge is -2.33. The molecule has 1 aliphatic heterocycles. The van der Waals surface area contributed by atoms with Crippen molar-refractivity contribution >= 4 is 33.2 Å². The molecule has 1 N–H and O–H groups in total. The molecule has 1 aliphatic rings. The van der Waals surface area contributed by atoms with E-state index in [0.717, 1.165) is 5.56 Å². The molecule has 0 unspecified atom stereocenters. The average Bonchev–Trinajstić information content (AvgIpc) is 2.66. The first-order valence-electron chi connectivity index (χ1n) is 8.70. The van der Waals surface area contributed by atoms with Crippen LogP contribution < -0.4 is 5.32 Å². The summed E-state index contributed by atoms with van der Waals surface area (Å²) in [5, 5.41) is 3.43. The Morgan fingerprint density at radius 2 is 1.74 bits per heavy atom. The molecule has 2 aromatic rings. The predicted molar refractivity (Wildman–Crippen MR) is 106 cm³/mol. The lowest BCUT2D eigenvalue weighted by molar-refractivity contribution is -0.117. The Balaban J connectivity index is 1.55. The number of hydrogen-bond acceptors (Lipinski definition) is 4. The molecular formula is C19H22ClN3O3S. The van der Waals surface area contributed by atoms with Gasteiger partial charge in [0.15, 0.2) is 0 Å². The highest BCUT2D eigenvalue weighted by Gasteiger charge is 2.28. The van der Waals surface area contributed by atoms with Gasteiger partial charge in [-0.3, -0.25) is 9.69 Å². The Kier molecular flexibility index (Phi) is 6.16. The summed E-state index contributed by atoms with van der Waals surface area (Å²) in [6.45, 7) is 3.85. The Morgan fingerprint density at radius 1 is 1.07 bits per heavy atom. The fraction of sp³-hybridized carbons (Fsp3) is 0.316. The van der Waals surface area contributed by atoms with Crippen molar-refractivity contribution in [3.63, 3.8) is 0 Å². The number of nitrogens with zero attached hydrogens (tertiary/aromatic N) is 2. The summed E-state index contributed by atoms with van der Waals surface area (Å²) in [6.07, 6.45) is 0. The molecule has 2 aromatic carbocycles. The minimum Gasteiger partial charge on any atom is -0.325 e. The molecule has 0 radical (unpaired) electrons. The molecule has 0 aliphatic carbocycles. The maximum absolute atomic E-state index is 12.6. The zero-order chi connectivity index (χ0) is 19.4. The summed E-state index contributed by atoms with van der Waals surface area (Å²) in [5.41, 5.74) is 1.63. The standard InChI is InChI=1S/C19H22ClN3O3S/c1-15-7-8-16(20)13-18(15)21-19(24)14-22-9-11-23(12-10-22)27(25,26)17-5-3-2-4-6-17/h2-8,13H,9-12,14H2,1H3,(H,21,24). The number of benzene rings is 2. The van der Waals surface area contributed by atoms with Crippen LogP contribution in [0.1, 0.15) is 5.56 Å². The van der Waals surface area contributed by atoms with Gasteiger partial charge < -0.3 is 5.32 Å². The number of rotatable bonds is 5. The smallest absolute Gasteiger partial charge is 0.243 e. The highest BCUT2D eigenvalue weighted by molar-refractivity contribution is 7.89. The highest BCUT2D eigenvalue weighted by Crippen LogP contribution is 2.20. The number of sulfonamides is 1. The summed E-state index contributed by atoms with van der Waals surface area (Å²) in [7, 11) is -3.48. The molecule has 27 heavy (non-hydrogen) atoms. The van der Waals surface area contributed by atoms with Crippen LogP contribution in [0.4, 0.5) is 5.69 Å². The Morgan fingerprint density at radius 3 is 2.41 bits per heavy atom. The van der Waals surface area contributed by atoms with Gasteiger partial charge in [0.05, 0.1) is 11.4 Å². The molecule has 0 bridgehead atoms. The maximum atomic E-state index is 12.6. The van der Waals surface area contributed by atoms with E-state index in [2.05, 4.69) is 5.32 Å². The quantitative estimate of drug-likeness (QED) is 0.827. The molecule has 1 fully saturated rings. The number of halogens is 1. The van der Waals surface area contributed by atoms with E-state index in [0.29, 0.717) is 41.8 Å². The third-order valence-corrected chi connectivity index (χ3v) is 6.70. The largest absolute Gasteiger partial charge is 0.325 e. The normalized spacial score (nSPS) is 16.2. The minimum atomic E-state index is -3.48. The molecule has 1 amide bonds. The SMILES string of the molecule is Cc1ccc(Cl)cc1NC(=O)CN1CCN(S(=O)(=O)c2ccccc2)CC1. The van der Waals surface area contributed by atoms with E-state index in [9.17, 15) is 13.2 Å². The molecule has 0 spiro atoms. The molecule has 144 valence electrons. The van der Waals surface area contributed by atoms with E-state index in [4.69, 9.17) is 11.6 Å². The van der Waals surface area contributed by atoms with Gasteiger partial charge >= 0.3 is 0 Å². The number of carbonyl (C=O) groups is 1. The summed E-state index contributed by atoms with van der Waals surface area (Å²) >= 11 is 5.98. The maximum Gasteiger partial charge on any atom is 0.243 e. The summed E-state index contributed by atoms with van der Waals surface area (Å²) in [5.74, 6) is -0.139. The number of carbonyl (C=O) groups excluding carboxylic acids is 1. The molecule has 1 heterocycles. The lowest BCUT2D eigenvalue weighted by atomic mass is 10.2. The third-order valence-electron chi connectivity index (χ3n) is 4.55. The van der Waals surface area contributed by atoms with E-state index in [1.54, 1.807) is 42.5 Å². The Hall–Kier alpha value is -1.93.